The Labute approximate surface area is 149 Å². The summed E-state index contributed by atoms with van der Waals surface area (Å²) in [5.74, 6) is -1.48. The number of carbonyl (C=O) groups is 3. The highest BCUT2D eigenvalue weighted by Crippen LogP contribution is 2.35. The van der Waals surface area contributed by atoms with E-state index < -0.39 is 23.9 Å². The zero-order chi connectivity index (χ0) is 18.0. The second kappa shape index (κ2) is 7.06. The third-order valence-corrected chi connectivity index (χ3v) is 5.21. The molecule has 1 atom stereocenters. The average Bonchev–Trinajstić information content (AvgIpc) is 3.14. The second-order valence-corrected chi connectivity index (χ2v) is 6.51. The van der Waals surface area contributed by atoms with Crippen LogP contribution in [0.2, 0.25) is 0 Å². The summed E-state index contributed by atoms with van der Waals surface area (Å²) in [4.78, 5) is 40.0. The van der Waals surface area contributed by atoms with Crippen molar-refractivity contribution in [1.29, 1.82) is 0 Å². The van der Waals surface area contributed by atoms with E-state index in [4.69, 9.17) is 9.47 Å². The number of thiophene rings is 1. The number of carbonyl (C=O) groups excluding carboxylic acids is 3. The molecule has 2 heterocycles. The molecule has 0 saturated heterocycles. The number of amides is 1. The van der Waals surface area contributed by atoms with Gasteiger partial charge in [0.15, 0.2) is 6.04 Å². The highest BCUT2D eigenvalue weighted by atomic mass is 32.1. The number of fused-ring (bicyclic) bond motifs is 1. The molecule has 7 heteroatoms. The first-order chi connectivity index (χ1) is 12.1. The minimum Gasteiger partial charge on any atom is -0.467 e. The van der Waals surface area contributed by atoms with Crippen molar-refractivity contribution in [2.45, 2.75) is 12.5 Å². The van der Waals surface area contributed by atoms with E-state index in [0.29, 0.717) is 13.0 Å². The summed E-state index contributed by atoms with van der Waals surface area (Å²) in [7, 11) is 2.56. The molecule has 1 amide bonds. The molecule has 3 rings (SSSR count). The number of ether oxygens (including phenoxy) is 2. The molecular weight excluding hydrogens is 342 g/mol. The first-order valence-corrected chi connectivity index (χ1v) is 8.58. The largest absolute Gasteiger partial charge is 0.467 e. The third kappa shape index (κ3) is 3.02. The van der Waals surface area contributed by atoms with E-state index >= 15 is 0 Å². The Kier molecular flexibility index (Phi) is 4.85. The fraction of sp³-hybridized carbons (Fsp3) is 0.278. The molecule has 2 aromatic rings. The lowest BCUT2D eigenvalue weighted by atomic mass is 9.97. The average molecular weight is 359 g/mol. The van der Waals surface area contributed by atoms with Crippen LogP contribution in [-0.2, 0) is 20.7 Å². The lowest BCUT2D eigenvalue weighted by Crippen LogP contribution is -2.44. The molecular formula is C18H17NO5S. The fourth-order valence-corrected chi connectivity index (χ4v) is 3.92. The summed E-state index contributed by atoms with van der Waals surface area (Å²) in [6, 6.07) is 7.46. The van der Waals surface area contributed by atoms with Crippen molar-refractivity contribution >= 4 is 29.2 Å². The number of methoxy groups -OCH3 is 2. The van der Waals surface area contributed by atoms with Gasteiger partial charge in [0.25, 0.3) is 5.91 Å². The maximum Gasteiger partial charge on any atom is 0.338 e. The molecule has 0 fully saturated rings. The Morgan fingerprint density at radius 2 is 1.80 bits per heavy atom. The van der Waals surface area contributed by atoms with Crippen LogP contribution < -0.4 is 0 Å². The highest BCUT2D eigenvalue weighted by Gasteiger charge is 2.38. The van der Waals surface area contributed by atoms with Crippen LogP contribution in [0.4, 0.5) is 0 Å². The third-order valence-electron chi connectivity index (χ3n) is 4.21. The predicted octanol–water partition coefficient (Wildman–Crippen LogP) is 2.45. The van der Waals surface area contributed by atoms with Gasteiger partial charge in [-0.2, -0.15) is 0 Å². The molecule has 1 aliphatic rings. The molecule has 0 spiro atoms. The van der Waals surface area contributed by atoms with E-state index in [1.807, 2.05) is 11.4 Å². The van der Waals surface area contributed by atoms with E-state index in [-0.39, 0.29) is 11.1 Å². The number of benzene rings is 1. The van der Waals surface area contributed by atoms with Crippen LogP contribution in [0.25, 0.3) is 0 Å². The first-order valence-electron chi connectivity index (χ1n) is 7.71. The van der Waals surface area contributed by atoms with Crippen LogP contribution in [0.5, 0.6) is 0 Å². The van der Waals surface area contributed by atoms with E-state index in [1.165, 1.54) is 25.2 Å². The van der Waals surface area contributed by atoms with Gasteiger partial charge in [0.2, 0.25) is 0 Å². The zero-order valence-electron chi connectivity index (χ0n) is 13.9. The Hall–Kier alpha value is -2.67. The van der Waals surface area contributed by atoms with Gasteiger partial charge in [0.05, 0.1) is 25.3 Å². The second-order valence-electron chi connectivity index (χ2n) is 5.51. The molecule has 6 nitrogen and oxygen atoms in total. The van der Waals surface area contributed by atoms with Gasteiger partial charge in [-0.3, -0.25) is 4.79 Å². The van der Waals surface area contributed by atoms with E-state index in [2.05, 4.69) is 0 Å². The van der Waals surface area contributed by atoms with Crippen molar-refractivity contribution in [2.24, 2.45) is 0 Å². The Morgan fingerprint density at radius 3 is 2.48 bits per heavy atom. The van der Waals surface area contributed by atoms with Gasteiger partial charge in [0.1, 0.15) is 0 Å². The maximum atomic E-state index is 13.1. The van der Waals surface area contributed by atoms with E-state index in [0.717, 1.165) is 10.4 Å². The minimum absolute atomic E-state index is 0.176. The van der Waals surface area contributed by atoms with Gasteiger partial charge in [-0.05, 0) is 35.6 Å². The Morgan fingerprint density at radius 1 is 1.08 bits per heavy atom. The molecule has 0 N–H and O–H groups in total. The number of nitrogens with zero attached hydrogens (tertiary/aromatic N) is 1. The topological polar surface area (TPSA) is 72.9 Å². The number of rotatable bonds is 3. The number of esters is 2. The highest BCUT2D eigenvalue weighted by molar-refractivity contribution is 7.10. The molecule has 130 valence electrons. The van der Waals surface area contributed by atoms with Gasteiger partial charge in [-0.15, -0.1) is 11.3 Å². The molecule has 1 aromatic carbocycles. The summed E-state index contributed by atoms with van der Waals surface area (Å²) in [6.45, 7) is 0.377. The molecule has 0 bridgehead atoms. The quantitative estimate of drug-likeness (QED) is 0.787. The summed E-state index contributed by atoms with van der Waals surface area (Å²) < 4.78 is 9.67. The van der Waals surface area contributed by atoms with Crippen LogP contribution in [0, 0.1) is 0 Å². The predicted molar refractivity (Wildman–Crippen MR) is 91.6 cm³/mol. The lowest BCUT2D eigenvalue weighted by Gasteiger charge is -2.34. The molecule has 1 unspecified atom stereocenters. The van der Waals surface area contributed by atoms with E-state index in [9.17, 15) is 14.4 Å². The van der Waals surface area contributed by atoms with Crippen LogP contribution >= 0.6 is 11.3 Å². The smallest absolute Gasteiger partial charge is 0.338 e. The SMILES string of the molecule is COC(=O)c1ccccc1C(=O)N1CCc2sccc2C1C(=O)OC. The van der Waals surface area contributed by atoms with Crippen molar-refractivity contribution in [2.75, 3.05) is 20.8 Å². The van der Waals surface area contributed by atoms with Gasteiger partial charge in [0, 0.05) is 11.4 Å². The van der Waals surface area contributed by atoms with Gasteiger partial charge in [-0.1, -0.05) is 12.1 Å². The fourth-order valence-electron chi connectivity index (χ4n) is 3.01. The van der Waals surface area contributed by atoms with E-state index in [1.54, 1.807) is 29.5 Å². The molecule has 25 heavy (non-hydrogen) atoms. The Bertz CT molecular complexity index is 828. The molecule has 0 saturated carbocycles. The summed E-state index contributed by atoms with van der Waals surface area (Å²) in [5, 5.41) is 1.90. The van der Waals surface area contributed by atoms with Crippen LogP contribution in [0.15, 0.2) is 35.7 Å². The number of hydrogen-bond donors (Lipinski definition) is 0. The standard InChI is InChI=1S/C18H17NO5S/c1-23-17(21)12-6-4-3-5-11(12)16(20)19-9-7-14-13(8-10-25-14)15(19)18(22)24-2/h3-6,8,10,15H,7,9H2,1-2H3. The number of hydrogen-bond acceptors (Lipinski definition) is 6. The Balaban J connectivity index is 2.02. The zero-order valence-corrected chi connectivity index (χ0v) is 14.7. The first kappa shape index (κ1) is 17.2. The van der Waals surface area contributed by atoms with Crippen LogP contribution in [0.1, 0.15) is 37.2 Å². The van der Waals surface area contributed by atoms with Gasteiger partial charge >= 0.3 is 11.9 Å². The minimum atomic E-state index is -0.807. The lowest BCUT2D eigenvalue weighted by molar-refractivity contribution is -0.146. The molecule has 0 aliphatic carbocycles. The van der Waals surface area contributed by atoms with Crippen molar-refractivity contribution in [3.8, 4) is 0 Å². The molecule has 1 aromatic heterocycles. The monoisotopic (exact) mass is 359 g/mol. The maximum absolute atomic E-state index is 13.1. The summed E-state index contributed by atoms with van der Waals surface area (Å²) in [6.07, 6.45) is 0.659. The molecule has 1 aliphatic heterocycles. The van der Waals surface area contributed by atoms with Crippen LogP contribution in [0.3, 0.4) is 0 Å². The van der Waals surface area contributed by atoms with Crippen LogP contribution in [-0.4, -0.2) is 43.5 Å². The van der Waals surface area contributed by atoms with Gasteiger partial charge in [-0.25, -0.2) is 9.59 Å². The summed E-state index contributed by atoms with van der Waals surface area (Å²) in [5.41, 5.74) is 1.17. The van der Waals surface area contributed by atoms with Crippen molar-refractivity contribution in [1.82, 2.24) is 4.90 Å². The summed E-state index contributed by atoms with van der Waals surface area (Å²) >= 11 is 1.56. The normalized spacial score (nSPS) is 16.1. The van der Waals surface area contributed by atoms with Crippen molar-refractivity contribution in [3.63, 3.8) is 0 Å². The molecule has 0 radical (unpaired) electrons. The van der Waals surface area contributed by atoms with Crippen molar-refractivity contribution < 1.29 is 23.9 Å². The van der Waals surface area contributed by atoms with Gasteiger partial charge < -0.3 is 14.4 Å². The van der Waals surface area contributed by atoms with Crippen molar-refractivity contribution in [3.05, 3.63) is 57.3 Å².